The van der Waals surface area contributed by atoms with Crippen LogP contribution in [0.4, 0.5) is 0 Å². The van der Waals surface area contributed by atoms with Crippen molar-refractivity contribution in [1.29, 1.82) is 0 Å². The molecule has 0 aliphatic carbocycles. The highest BCUT2D eigenvalue weighted by Gasteiger charge is 2.12. The van der Waals surface area contributed by atoms with E-state index >= 15 is 0 Å². The van der Waals surface area contributed by atoms with Crippen LogP contribution in [0, 0.1) is 5.92 Å². The quantitative estimate of drug-likeness (QED) is 0.577. The van der Waals surface area contributed by atoms with Gasteiger partial charge < -0.3 is 4.74 Å². The van der Waals surface area contributed by atoms with Crippen LogP contribution < -0.4 is 0 Å². The maximum Gasteiger partial charge on any atom is 0.306 e. The molecule has 96 valence electrons. The molecule has 0 amide bonds. The number of methoxy groups -OCH3 is 1. The highest BCUT2D eigenvalue weighted by Crippen LogP contribution is 2.23. The number of rotatable bonds is 9. The van der Waals surface area contributed by atoms with Crippen molar-refractivity contribution in [3.05, 3.63) is 0 Å². The molecule has 0 aromatic rings. The van der Waals surface area contributed by atoms with Crippen LogP contribution in [0.1, 0.15) is 52.9 Å². The molecule has 0 aliphatic heterocycles. The summed E-state index contributed by atoms with van der Waals surface area (Å²) in [6.45, 7) is 6.60. The Morgan fingerprint density at radius 3 is 2.56 bits per heavy atom. The summed E-state index contributed by atoms with van der Waals surface area (Å²) >= 11 is 1.90. The van der Waals surface area contributed by atoms with Gasteiger partial charge in [0, 0.05) is 5.25 Å². The van der Waals surface area contributed by atoms with Crippen molar-refractivity contribution in [3.8, 4) is 0 Å². The summed E-state index contributed by atoms with van der Waals surface area (Å²) in [7, 11) is 1.45. The lowest BCUT2D eigenvalue weighted by molar-refractivity contribution is -0.140. The molecule has 0 saturated carbocycles. The van der Waals surface area contributed by atoms with Crippen LogP contribution in [0.3, 0.4) is 0 Å². The van der Waals surface area contributed by atoms with Gasteiger partial charge >= 0.3 is 5.97 Å². The van der Waals surface area contributed by atoms with Crippen LogP contribution in [0.2, 0.25) is 0 Å². The SMILES string of the molecule is CCCCC(CC)CSC(C)CC(=O)OC. The van der Waals surface area contributed by atoms with Crippen LogP contribution in [-0.4, -0.2) is 24.1 Å². The summed E-state index contributed by atoms with van der Waals surface area (Å²) in [5, 5.41) is 0.378. The average Bonchev–Trinajstić information content (AvgIpc) is 2.29. The van der Waals surface area contributed by atoms with Crippen molar-refractivity contribution in [3.63, 3.8) is 0 Å². The Labute approximate surface area is 105 Å². The Bertz CT molecular complexity index is 183. The first kappa shape index (κ1) is 15.8. The molecule has 0 aromatic heterocycles. The second-order valence-electron chi connectivity index (χ2n) is 4.34. The lowest BCUT2D eigenvalue weighted by atomic mass is 10.0. The Balaban J connectivity index is 3.69. The first-order valence-electron chi connectivity index (χ1n) is 6.32. The minimum absolute atomic E-state index is 0.0957. The van der Waals surface area contributed by atoms with E-state index in [1.54, 1.807) is 0 Å². The Kier molecular flexibility index (Phi) is 9.89. The molecule has 0 aliphatic rings. The van der Waals surface area contributed by atoms with Gasteiger partial charge in [0.1, 0.15) is 0 Å². The van der Waals surface area contributed by atoms with Gasteiger partial charge in [0.15, 0.2) is 0 Å². The standard InChI is InChI=1S/C13H26O2S/c1-5-7-8-12(6-2)10-16-11(3)9-13(14)15-4/h11-12H,5-10H2,1-4H3. The molecular weight excluding hydrogens is 220 g/mol. The van der Waals surface area contributed by atoms with E-state index in [0.29, 0.717) is 11.7 Å². The largest absolute Gasteiger partial charge is 0.469 e. The summed E-state index contributed by atoms with van der Waals surface area (Å²) in [4.78, 5) is 11.1. The van der Waals surface area contributed by atoms with Crippen molar-refractivity contribution in [2.45, 2.75) is 58.1 Å². The molecule has 0 N–H and O–H groups in total. The minimum atomic E-state index is -0.0957. The van der Waals surface area contributed by atoms with E-state index < -0.39 is 0 Å². The summed E-state index contributed by atoms with van der Waals surface area (Å²) in [5.41, 5.74) is 0. The number of carbonyl (C=O) groups is 1. The second kappa shape index (κ2) is 10.0. The molecule has 2 atom stereocenters. The highest BCUT2D eigenvalue weighted by molar-refractivity contribution is 7.99. The van der Waals surface area contributed by atoms with E-state index in [4.69, 9.17) is 0 Å². The monoisotopic (exact) mass is 246 g/mol. The highest BCUT2D eigenvalue weighted by atomic mass is 32.2. The van der Waals surface area contributed by atoms with Gasteiger partial charge in [0.2, 0.25) is 0 Å². The van der Waals surface area contributed by atoms with E-state index in [1.165, 1.54) is 38.5 Å². The van der Waals surface area contributed by atoms with E-state index in [1.807, 2.05) is 11.8 Å². The van der Waals surface area contributed by atoms with Crippen LogP contribution >= 0.6 is 11.8 Å². The van der Waals surface area contributed by atoms with Gasteiger partial charge in [0.25, 0.3) is 0 Å². The number of hydrogen-bond donors (Lipinski definition) is 0. The first-order chi connectivity index (χ1) is 7.63. The molecule has 2 unspecified atom stereocenters. The Morgan fingerprint density at radius 1 is 1.38 bits per heavy atom. The molecular formula is C13H26O2S. The molecule has 0 spiro atoms. The van der Waals surface area contributed by atoms with Gasteiger partial charge in [-0.15, -0.1) is 0 Å². The number of thioether (sulfide) groups is 1. The third-order valence-corrected chi connectivity index (χ3v) is 4.24. The summed E-state index contributed by atoms with van der Waals surface area (Å²) < 4.78 is 4.67. The topological polar surface area (TPSA) is 26.3 Å². The lowest BCUT2D eigenvalue weighted by Crippen LogP contribution is -2.11. The van der Waals surface area contributed by atoms with Gasteiger partial charge in [-0.1, -0.05) is 40.0 Å². The fourth-order valence-corrected chi connectivity index (χ4v) is 2.83. The number of unbranched alkanes of at least 4 members (excludes halogenated alkanes) is 1. The molecule has 0 radical (unpaired) electrons. The van der Waals surface area contributed by atoms with Crippen molar-refractivity contribution in [2.75, 3.05) is 12.9 Å². The summed E-state index contributed by atoms with van der Waals surface area (Å²) in [6.07, 6.45) is 5.71. The van der Waals surface area contributed by atoms with Gasteiger partial charge in [-0.25, -0.2) is 0 Å². The first-order valence-corrected chi connectivity index (χ1v) is 7.37. The van der Waals surface area contributed by atoms with Gasteiger partial charge in [-0.05, 0) is 18.1 Å². The van der Waals surface area contributed by atoms with Crippen molar-refractivity contribution in [2.24, 2.45) is 5.92 Å². The predicted octanol–water partition coefficient (Wildman–Crippen LogP) is 3.89. The fraction of sp³-hybridized carbons (Fsp3) is 0.923. The Hall–Kier alpha value is -0.180. The third-order valence-electron chi connectivity index (χ3n) is 2.84. The normalized spacial score (nSPS) is 14.5. The Morgan fingerprint density at radius 2 is 2.06 bits per heavy atom. The molecule has 0 heterocycles. The fourth-order valence-electron chi connectivity index (χ4n) is 1.58. The maximum absolute atomic E-state index is 11.1. The van der Waals surface area contributed by atoms with E-state index in [-0.39, 0.29) is 5.97 Å². The van der Waals surface area contributed by atoms with E-state index in [9.17, 15) is 4.79 Å². The van der Waals surface area contributed by atoms with Gasteiger partial charge in [0.05, 0.1) is 13.5 Å². The second-order valence-corrected chi connectivity index (χ2v) is 5.81. The lowest BCUT2D eigenvalue weighted by Gasteiger charge is -2.16. The zero-order valence-electron chi connectivity index (χ0n) is 11.1. The van der Waals surface area contributed by atoms with Crippen LogP contribution in [0.15, 0.2) is 0 Å². The average molecular weight is 246 g/mol. The number of hydrogen-bond acceptors (Lipinski definition) is 3. The minimum Gasteiger partial charge on any atom is -0.469 e. The summed E-state index contributed by atoms with van der Waals surface area (Å²) in [6, 6.07) is 0. The number of ether oxygens (including phenoxy) is 1. The van der Waals surface area contributed by atoms with Crippen molar-refractivity contribution < 1.29 is 9.53 Å². The molecule has 2 nitrogen and oxygen atoms in total. The molecule has 0 bridgehead atoms. The van der Waals surface area contributed by atoms with E-state index in [0.717, 1.165) is 5.92 Å². The molecule has 16 heavy (non-hydrogen) atoms. The van der Waals surface area contributed by atoms with Crippen molar-refractivity contribution >= 4 is 17.7 Å². The summed E-state index contributed by atoms with van der Waals surface area (Å²) in [5.74, 6) is 1.89. The predicted molar refractivity (Wildman–Crippen MR) is 71.9 cm³/mol. The number of esters is 1. The number of carbonyl (C=O) groups excluding carboxylic acids is 1. The molecule has 0 rings (SSSR count). The van der Waals surface area contributed by atoms with Crippen LogP contribution in [0.25, 0.3) is 0 Å². The van der Waals surface area contributed by atoms with Crippen LogP contribution in [-0.2, 0) is 9.53 Å². The van der Waals surface area contributed by atoms with Crippen LogP contribution in [0.5, 0.6) is 0 Å². The van der Waals surface area contributed by atoms with Gasteiger partial charge in [-0.3, -0.25) is 4.79 Å². The zero-order valence-corrected chi connectivity index (χ0v) is 11.9. The molecule has 3 heteroatoms. The zero-order chi connectivity index (χ0) is 12.4. The maximum atomic E-state index is 11.1. The smallest absolute Gasteiger partial charge is 0.306 e. The molecule has 0 saturated heterocycles. The van der Waals surface area contributed by atoms with Crippen molar-refractivity contribution in [1.82, 2.24) is 0 Å². The molecule has 0 fully saturated rings. The van der Waals surface area contributed by atoms with E-state index in [2.05, 4.69) is 25.5 Å². The van der Waals surface area contributed by atoms with Gasteiger partial charge in [-0.2, -0.15) is 11.8 Å². The third kappa shape index (κ3) is 8.03. The molecule has 0 aromatic carbocycles.